The Kier molecular flexibility index (Phi) is 3.90. The van der Waals surface area contributed by atoms with E-state index in [1.807, 2.05) is 0 Å². The SMILES string of the molecule is Cc1ccc(S(=O)(=O)SCC(F)(F)F)cc1. The molecule has 1 aromatic rings. The maximum absolute atomic E-state index is 11.9. The zero-order valence-corrected chi connectivity index (χ0v) is 9.92. The van der Waals surface area contributed by atoms with Crippen molar-refractivity contribution in [1.29, 1.82) is 0 Å². The molecule has 0 unspecified atom stereocenters. The predicted molar refractivity (Wildman–Crippen MR) is 56.9 cm³/mol. The predicted octanol–water partition coefficient (Wildman–Crippen LogP) is 2.98. The first-order chi connectivity index (χ1) is 7.21. The summed E-state index contributed by atoms with van der Waals surface area (Å²) in [6.45, 7) is 1.76. The normalized spacial score (nSPS) is 12.8. The van der Waals surface area contributed by atoms with Crippen molar-refractivity contribution in [1.82, 2.24) is 0 Å². The highest BCUT2D eigenvalue weighted by Gasteiger charge is 2.31. The molecular formula is C9H9F3O2S2. The fourth-order valence-electron chi connectivity index (χ4n) is 0.917. The third kappa shape index (κ3) is 4.05. The van der Waals surface area contributed by atoms with Crippen LogP contribution in [0.1, 0.15) is 5.56 Å². The quantitative estimate of drug-likeness (QED) is 0.792. The molecule has 0 saturated heterocycles. The molecule has 1 aromatic carbocycles. The van der Waals surface area contributed by atoms with Gasteiger partial charge in [-0.05, 0) is 29.9 Å². The van der Waals surface area contributed by atoms with Gasteiger partial charge in [-0.2, -0.15) is 13.2 Å². The molecule has 0 heterocycles. The minimum absolute atomic E-state index is 0.104. The summed E-state index contributed by atoms with van der Waals surface area (Å²) in [7, 11) is -4.02. The van der Waals surface area contributed by atoms with Gasteiger partial charge < -0.3 is 0 Å². The molecule has 0 spiro atoms. The summed E-state index contributed by atoms with van der Waals surface area (Å²) >= 11 is 0. The van der Waals surface area contributed by atoms with E-state index in [1.54, 1.807) is 19.1 Å². The van der Waals surface area contributed by atoms with Crippen LogP contribution in [0, 0.1) is 6.92 Å². The second kappa shape index (κ2) is 4.67. The molecule has 90 valence electrons. The van der Waals surface area contributed by atoms with E-state index in [2.05, 4.69) is 0 Å². The van der Waals surface area contributed by atoms with Gasteiger partial charge in [0.05, 0.1) is 4.90 Å². The minimum Gasteiger partial charge on any atom is -0.212 e. The summed E-state index contributed by atoms with van der Waals surface area (Å²) in [5.41, 5.74) is 0.847. The number of hydrogen-bond donors (Lipinski definition) is 0. The van der Waals surface area contributed by atoms with E-state index in [0.717, 1.165) is 5.56 Å². The monoisotopic (exact) mass is 270 g/mol. The number of rotatable bonds is 3. The lowest BCUT2D eigenvalue weighted by atomic mass is 10.2. The molecule has 0 radical (unpaired) electrons. The van der Waals surface area contributed by atoms with Gasteiger partial charge in [0.25, 0.3) is 0 Å². The fraction of sp³-hybridized carbons (Fsp3) is 0.333. The van der Waals surface area contributed by atoms with E-state index in [0.29, 0.717) is 0 Å². The van der Waals surface area contributed by atoms with Crippen LogP contribution >= 0.6 is 10.8 Å². The van der Waals surface area contributed by atoms with Gasteiger partial charge in [-0.3, -0.25) is 0 Å². The van der Waals surface area contributed by atoms with Gasteiger partial charge >= 0.3 is 6.18 Å². The number of hydrogen-bond acceptors (Lipinski definition) is 3. The van der Waals surface area contributed by atoms with Crippen LogP contribution in [0.5, 0.6) is 0 Å². The lowest BCUT2D eigenvalue weighted by molar-refractivity contribution is -0.105. The van der Waals surface area contributed by atoms with E-state index in [-0.39, 0.29) is 15.7 Å². The van der Waals surface area contributed by atoms with E-state index in [4.69, 9.17) is 0 Å². The highest BCUT2D eigenvalue weighted by molar-refractivity contribution is 8.72. The first kappa shape index (κ1) is 13.4. The molecule has 0 atom stereocenters. The molecule has 0 bridgehead atoms. The van der Waals surface area contributed by atoms with E-state index in [9.17, 15) is 21.6 Å². The summed E-state index contributed by atoms with van der Waals surface area (Å²) in [6, 6.07) is 5.68. The van der Waals surface area contributed by atoms with Gasteiger partial charge in [0.15, 0.2) is 0 Å². The maximum atomic E-state index is 11.9. The fourth-order valence-corrected chi connectivity index (χ4v) is 3.42. The summed E-state index contributed by atoms with van der Waals surface area (Å²) < 4.78 is 58.5. The standard InChI is InChI=1S/C9H9F3O2S2/c1-7-2-4-8(5-3-7)16(13,14)15-6-9(10,11)12/h2-5H,6H2,1H3. The molecule has 2 nitrogen and oxygen atoms in total. The van der Waals surface area contributed by atoms with Crippen molar-refractivity contribution in [3.05, 3.63) is 29.8 Å². The summed E-state index contributed by atoms with van der Waals surface area (Å²) in [4.78, 5) is -0.104. The van der Waals surface area contributed by atoms with Crippen molar-refractivity contribution in [3.63, 3.8) is 0 Å². The smallest absolute Gasteiger partial charge is 0.212 e. The highest BCUT2D eigenvalue weighted by Crippen LogP contribution is 2.29. The Bertz CT molecular complexity index is 449. The first-order valence-corrected chi connectivity index (χ1v) is 7.22. The Morgan fingerprint density at radius 1 is 1.19 bits per heavy atom. The largest absolute Gasteiger partial charge is 0.398 e. The molecule has 0 N–H and O–H groups in total. The molecule has 0 amide bonds. The minimum atomic E-state index is -4.48. The van der Waals surface area contributed by atoms with Gasteiger partial charge in [0.2, 0.25) is 8.87 Å². The highest BCUT2D eigenvalue weighted by atomic mass is 33.1. The van der Waals surface area contributed by atoms with E-state index < -0.39 is 20.8 Å². The van der Waals surface area contributed by atoms with Crippen molar-refractivity contribution >= 4 is 19.7 Å². The Morgan fingerprint density at radius 2 is 1.69 bits per heavy atom. The van der Waals surface area contributed by atoms with Crippen LogP contribution < -0.4 is 0 Å². The van der Waals surface area contributed by atoms with Crippen molar-refractivity contribution < 1.29 is 21.6 Å². The Hall–Kier alpha value is -0.690. The second-order valence-corrected chi connectivity index (χ2v) is 7.07. The number of halogens is 3. The summed E-state index contributed by atoms with van der Waals surface area (Å²) in [6.07, 6.45) is -4.48. The summed E-state index contributed by atoms with van der Waals surface area (Å²) in [5.74, 6) is -1.40. The van der Waals surface area contributed by atoms with Crippen LogP contribution in [0.4, 0.5) is 13.2 Å². The number of benzene rings is 1. The van der Waals surface area contributed by atoms with E-state index in [1.165, 1.54) is 12.1 Å². The third-order valence-corrected chi connectivity index (χ3v) is 5.15. The molecule has 1 rings (SSSR count). The van der Waals surface area contributed by atoms with Crippen molar-refractivity contribution in [3.8, 4) is 0 Å². The molecule has 0 fully saturated rings. The molecule has 0 aromatic heterocycles. The van der Waals surface area contributed by atoms with Gasteiger partial charge in [-0.15, -0.1) is 0 Å². The third-order valence-electron chi connectivity index (χ3n) is 1.69. The van der Waals surface area contributed by atoms with Gasteiger partial charge in [-0.25, -0.2) is 8.42 Å². The molecular weight excluding hydrogens is 261 g/mol. The molecule has 0 aliphatic heterocycles. The van der Waals surface area contributed by atoms with Gasteiger partial charge in [0, 0.05) is 0 Å². The van der Waals surface area contributed by atoms with Gasteiger partial charge in [0.1, 0.15) is 5.75 Å². The van der Waals surface area contributed by atoms with E-state index >= 15 is 0 Å². The van der Waals surface area contributed by atoms with Crippen molar-refractivity contribution in [2.75, 3.05) is 5.75 Å². The zero-order chi connectivity index (χ0) is 12.4. The lowest BCUT2D eigenvalue weighted by Crippen LogP contribution is -2.13. The van der Waals surface area contributed by atoms with Crippen molar-refractivity contribution in [2.45, 2.75) is 18.0 Å². The van der Waals surface area contributed by atoms with Crippen LogP contribution in [-0.2, 0) is 8.87 Å². The number of aryl methyl sites for hydroxylation is 1. The van der Waals surface area contributed by atoms with Crippen molar-refractivity contribution in [2.24, 2.45) is 0 Å². The average molecular weight is 270 g/mol. The Morgan fingerprint density at radius 3 is 2.12 bits per heavy atom. The Labute approximate surface area is 95.2 Å². The maximum Gasteiger partial charge on any atom is 0.398 e. The molecule has 0 aliphatic carbocycles. The average Bonchev–Trinajstić information content (AvgIpc) is 2.15. The van der Waals surface area contributed by atoms with Gasteiger partial charge in [-0.1, -0.05) is 17.7 Å². The lowest BCUT2D eigenvalue weighted by Gasteiger charge is -2.06. The zero-order valence-electron chi connectivity index (χ0n) is 8.28. The summed E-state index contributed by atoms with van der Waals surface area (Å²) in [5, 5.41) is 0. The topological polar surface area (TPSA) is 34.1 Å². The molecule has 0 aliphatic rings. The van der Waals surface area contributed by atoms with Crippen LogP contribution in [-0.4, -0.2) is 20.3 Å². The van der Waals surface area contributed by atoms with Crippen LogP contribution in [0.15, 0.2) is 29.2 Å². The first-order valence-electron chi connectivity index (χ1n) is 4.23. The Balaban J connectivity index is 2.83. The molecule has 7 heteroatoms. The number of alkyl halides is 3. The second-order valence-electron chi connectivity index (χ2n) is 3.14. The van der Waals surface area contributed by atoms with Crippen LogP contribution in [0.25, 0.3) is 0 Å². The van der Waals surface area contributed by atoms with Crippen LogP contribution in [0.3, 0.4) is 0 Å². The molecule has 16 heavy (non-hydrogen) atoms. The van der Waals surface area contributed by atoms with Crippen LogP contribution in [0.2, 0.25) is 0 Å². The molecule has 0 saturated carbocycles.